The maximum atomic E-state index is 11.1. The number of hydrogen-bond acceptors (Lipinski definition) is 3. The molecule has 6 heteroatoms. The Bertz CT molecular complexity index is 483. The van der Waals surface area contributed by atoms with Gasteiger partial charge in [-0.2, -0.15) is 0 Å². The first kappa shape index (κ1) is 9.97. The summed E-state index contributed by atoms with van der Waals surface area (Å²) < 4.78 is 1.05. The number of carbonyl (C=O) groups is 1. The van der Waals surface area contributed by atoms with Crippen molar-refractivity contribution in [3.8, 4) is 0 Å². The Balaban J connectivity index is 2.99. The van der Waals surface area contributed by atoms with Crippen LogP contribution < -0.4 is 11.2 Å². The minimum atomic E-state index is -1.18. The Hall–Kier alpha value is -2.11. The van der Waals surface area contributed by atoms with Gasteiger partial charge in [0.2, 0.25) is 0 Å². The van der Waals surface area contributed by atoms with E-state index >= 15 is 0 Å². The van der Waals surface area contributed by atoms with Crippen LogP contribution in [0.4, 0.5) is 0 Å². The van der Waals surface area contributed by atoms with Crippen LogP contribution >= 0.6 is 0 Å². The summed E-state index contributed by atoms with van der Waals surface area (Å²) >= 11 is 0. The highest BCUT2D eigenvalue weighted by Gasteiger charge is 2.05. The zero-order chi connectivity index (χ0) is 10.7. The number of aromatic nitrogens is 2. The second-order valence-electron chi connectivity index (χ2n) is 2.65. The van der Waals surface area contributed by atoms with E-state index in [1.807, 2.05) is 4.98 Å². The van der Waals surface area contributed by atoms with Crippen molar-refractivity contribution in [2.45, 2.75) is 6.54 Å². The van der Waals surface area contributed by atoms with Crippen LogP contribution in [0, 0.1) is 0 Å². The van der Waals surface area contributed by atoms with Crippen LogP contribution in [0.1, 0.15) is 0 Å². The first-order valence-electron chi connectivity index (χ1n) is 3.71. The molecule has 0 aliphatic heterocycles. The molecule has 1 aromatic heterocycles. The van der Waals surface area contributed by atoms with Gasteiger partial charge in [0.05, 0.1) is 6.54 Å². The van der Waals surface area contributed by atoms with Crippen LogP contribution in [0.5, 0.6) is 0 Å². The smallest absolute Gasteiger partial charge is 0.332 e. The van der Waals surface area contributed by atoms with Gasteiger partial charge in [-0.05, 0) is 0 Å². The summed E-state index contributed by atoms with van der Waals surface area (Å²) in [5, 5.41) is 8.50. The number of aromatic amines is 1. The van der Waals surface area contributed by atoms with E-state index in [-0.39, 0.29) is 12.1 Å². The second kappa shape index (κ2) is 3.73. The molecular formula is C8H8N2O4. The summed E-state index contributed by atoms with van der Waals surface area (Å²) in [6.45, 7) is 3.11. The summed E-state index contributed by atoms with van der Waals surface area (Å²) in [4.78, 5) is 34.1. The van der Waals surface area contributed by atoms with E-state index in [0.717, 1.165) is 10.6 Å². The number of hydrogen-bond donors (Lipinski definition) is 2. The lowest BCUT2D eigenvalue weighted by Gasteiger charge is -2.02. The van der Waals surface area contributed by atoms with Crippen molar-refractivity contribution in [1.29, 1.82) is 0 Å². The Kier molecular flexibility index (Phi) is 2.66. The molecule has 1 rings (SSSR count). The quantitative estimate of drug-likeness (QED) is 0.617. The third kappa shape index (κ3) is 2.19. The zero-order valence-corrected chi connectivity index (χ0v) is 7.19. The predicted octanol–water partition coefficient (Wildman–Crippen LogP) is -0.823. The molecule has 1 heterocycles. The molecule has 0 spiro atoms. The number of carboxylic acid groups (broad SMARTS) is 1. The molecule has 0 saturated carbocycles. The van der Waals surface area contributed by atoms with E-state index in [0.29, 0.717) is 0 Å². The first-order valence-corrected chi connectivity index (χ1v) is 3.71. The normalized spacial score (nSPS) is 9.71. The number of aliphatic carboxylic acids is 1. The van der Waals surface area contributed by atoms with Crippen molar-refractivity contribution in [2.75, 3.05) is 0 Å². The average molecular weight is 196 g/mol. The van der Waals surface area contributed by atoms with Gasteiger partial charge in [-0.25, -0.2) is 9.59 Å². The maximum Gasteiger partial charge on any atom is 0.332 e. The summed E-state index contributed by atoms with van der Waals surface area (Å²) in [5.74, 6) is -1.18. The number of H-pyrrole nitrogens is 1. The van der Waals surface area contributed by atoms with Crippen LogP contribution in [-0.2, 0) is 11.3 Å². The average Bonchev–Trinajstić information content (AvgIpc) is 2.09. The van der Waals surface area contributed by atoms with E-state index in [9.17, 15) is 14.4 Å². The topological polar surface area (TPSA) is 92.2 Å². The fraction of sp³-hybridized carbons (Fsp3) is 0.125. The molecule has 0 atom stereocenters. The lowest BCUT2D eigenvalue weighted by atomic mass is 10.3. The molecule has 0 unspecified atom stereocenters. The van der Waals surface area contributed by atoms with Gasteiger partial charge in [0.15, 0.2) is 0 Å². The number of nitrogens with one attached hydrogen (secondary N) is 1. The monoisotopic (exact) mass is 196 g/mol. The van der Waals surface area contributed by atoms with E-state index < -0.39 is 17.2 Å². The minimum Gasteiger partial charge on any atom is -0.478 e. The fourth-order valence-corrected chi connectivity index (χ4v) is 0.842. The Labute approximate surface area is 78.1 Å². The van der Waals surface area contributed by atoms with Gasteiger partial charge < -0.3 is 5.11 Å². The highest BCUT2D eigenvalue weighted by Crippen LogP contribution is 1.92. The third-order valence-corrected chi connectivity index (χ3v) is 1.56. The molecule has 14 heavy (non-hydrogen) atoms. The van der Waals surface area contributed by atoms with Gasteiger partial charge in [-0.1, -0.05) is 6.58 Å². The van der Waals surface area contributed by atoms with Gasteiger partial charge in [0, 0.05) is 17.8 Å². The lowest BCUT2D eigenvalue weighted by Crippen LogP contribution is -2.29. The van der Waals surface area contributed by atoms with Crippen molar-refractivity contribution in [1.82, 2.24) is 9.55 Å². The largest absolute Gasteiger partial charge is 0.478 e. The predicted molar refractivity (Wildman–Crippen MR) is 48.1 cm³/mol. The van der Waals surface area contributed by atoms with Crippen LogP contribution in [0.3, 0.4) is 0 Å². The number of nitrogens with zero attached hydrogens (tertiary/aromatic N) is 1. The lowest BCUT2D eigenvalue weighted by molar-refractivity contribution is -0.132. The molecule has 0 radical (unpaired) electrons. The van der Waals surface area contributed by atoms with Crippen molar-refractivity contribution in [2.24, 2.45) is 0 Å². The second-order valence-corrected chi connectivity index (χ2v) is 2.65. The molecule has 6 nitrogen and oxygen atoms in total. The third-order valence-electron chi connectivity index (χ3n) is 1.56. The Morgan fingerprint density at radius 2 is 2.21 bits per heavy atom. The van der Waals surface area contributed by atoms with E-state index in [1.54, 1.807) is 0 Å². The minimum absolute atomic E-state index is 0.126. The molecule has 0 aromatic carbocycles. The molecule has 0 amide bonds. The van der Waals surface area contributed by atoms with Gasteiger partial charge in [0.1, 0.15) is 0 Å². The van der Waals surface area contributed by atoms with Crippen LogP contribution in [-0.4, -0.2) is 20.6 Å². The number of rotatable bonds is 3. The molecule has 0 aliphatic rings. The highest BCUT2D eigenvalue weighted by atomic mass is 16.4. The van der Waals surface area contributed by atoms with Crippen LogP contribution in [0.15, 0.2) is 34.0 Å². The fourth-order valence-electron chi connectivity index (χ4n) is 0.842. The summed E-state index contributed by atoms with van der Waals surface area (Å²) in [7, 11) is 0. The SMILES string of the molecule is C=C(Cn1ccc(=O)[nH]c1=O)C(=O)O. The molecular weight excluding hydrogens is 188 g/mol. The summed E-state index contributed by atoms with van der Waals surface area (Å²) in [5.41, 5.74) is -1.30. The van der Waals surface area contributed by atoms with Gasteiger partial charge in [-0.3, -0.25) is 14.3 Å². The van der Waals surface area contributed by atoms with Crippen molar-refractivity contribution >= 4 is 5.97 Å². The van der Waals surface area contributed by atoms with E-state index in [1.165, 1.54) is 6.20 Å². The summed E-state index contributed by atoms with van der Waals surface area (Å²) in [6, 6.07) is 1.14. The van der Waals surface area contributed by atoms with Gasteiger partial charge in [0.25, 0.3) is 5.56 Å². The zero-order valence-electron chi connectivity index (χ0n) is 7.19. The first-order chi connectivity index (χ1) is 6.50. The highest BCUT2D eigenvalue weighted by molar-refractivity contribution is 5.85. The maximum absolute atomic E-state index is 11.1. The summed E-state index contributed by atoms with van der Waals surface area (Å²) in [6.07, 6.45) is 1.22. The standard InChI is InChI=1S/C8H8N2O4/c1-5(7(12)13)4-10-3-2-6(11)9-8(10)14/h2-3H,1,4H2,(H,12,13)(H,9,11,14). The van der Waals surface area contributed by atoms with Crippen LogP contribution in [0.2, 0.25) is 0 Å². The molecule has 0 saturated heterocycles. The van der Waals surface area contributed by atoms with Crippen molar-refractivity contribution < 1.29 is 9.90 Å². The van der Waals surface area contributed by atoms with Crippen molar-refractivity contribution in [3.05, 3.63) is 45.3 Å². The molecule has 74 valence electrons. The van der Waals surface area contributed by atoms with Crippen molar-refractivity contribution in [3.63, 3.8) is 0 Å². The molecule has 0 aliphatic carbocycles. The molecule has 2 N–H and O–H groups in total. The molecule has 0 fully saturated rings. The molecule has 1 aromatic rings. The van der Waals surface area contributed by atoms with Crippen LogP contribution in [0.25, 0.3) is 0 Å². The Morgan fingerprint density at radius 1 is 1.57 bits per heavy atom. The van der Waals surface area contributed by atoms with Gasteiger partial charge in [-0.15, -0.1) is 0 Å². The van der Waals surface area contributed by atoms with E-state index in [4.69, 9.17) is 5.11 Å². The van der Waals surface area contributed by atoms with E-state index in [2.05, 4.69) is 6.58 Å². The van der Waals surface area contributed by atoms with Gasteiger partial charge >= 0.3 is 11.7 Å². The number of carboxylic acids is 1. The molecule has 0 bridgehead atoms. The Morgan fingerprint density at radius 3 is 2.71 bits per heavy atom.